The zero-order valence-electron chi connectivity index (χ0n) is 25.3. The van der Waals surface area contributed by atoms with Gasteiger partial charge in [-0.1, -0.05) is 149 Å². The van der Waals surface area contributed by atoms with Gasteiger partial charge >= 0.3 is 0 Å². The third kappa shape index (κ3) is 18.9. The lowest BCUT2D eigenvalue weighted by Crippen LogP contribution is -2.59. The fourth-order valence-corrected chi connectivity index (χ4v) is 5.39. The maximum atomic E-state index is 11.4. The van der Waals surface area contributed by atoms with Crippen molar-refractivity contribution in [2.75, 3.05) is 19.8 Å². The molecule has 0 aromatic rings. The summed E-state index contributed by atoms with van der Waals surface area (Å²) in [6, 6.07) is 0. The summed E-state index contributed by atoms with van der Waals surface area (Å²) in [5.41, 5.74) is -1.80. The molecule has 38 heavy (non-hydrogen) atoms. The van der Waals surface area contributed by atoms with E-state index in [2.05, 4.69) is 13.8 Å². The van der Waals surface area contributed by atoms with Gasteiger partial charge in [0.2, 0.25) is 0 Å². The Hall–Kier alpha value is -0.240. The number of hydrogen-bond acceptors (Lipinski definition) is 6. The predicted octanol–water partition coefficient (Wildman–Crippen LogP) is 6.82. The Kier molecular flexibility index (Phi) is 26.8. The van der Waals surface area contributed by atoms with E-state index < -0.39 is 37.1 Å². The summed E-state index contributed by atoms with van der Waals surface area (Å²) >= 11 is 0. The molecular formula is C32H66O6. The zero-order chi connectivity index (χ0) is 28.3. The molecule has 0 radical (unpaired) electrons. The quantitative estimate of drug-likeness (QED) is 0.0632. The Morgan fingerprint density at radius 3 is 1.26 bits per heavy atom. The Morgan fingerprint density at radius 1 is 0.526 bits per heavy atom. The van der Waals surface area contributed by atoms with E-state index in [9.17, 15) is 25.5 Å². The summed E-state index contributed by atoms with van der Waals surface area (Å²) in [5, 5.41) is 51.5. The van der Waals surface area contributed by atoms with E-state index in [1.54, 1.807) is 0 Å². The van der Waals surface area contributed by atoms with Crippen LogP contribution in [0.3, 0.4) is 0 Å². The Labute approximate surface area is 235 Å². The van der Waals surface area contributed by atoms with Crippen LogP contribution in [0.25, 0.3) is 0 Å². The summed E-state index contributed by atoms with van der Waals surface area (Å²) in [5.74, 6) is 0. The van der Waals surface area contributed by atoms with Crippen molar-refractivity contribution in [2.45, 2.75) is 185 Å². The maximum absolute atomic E-state index is 11.4. The molecule has 0 saturated heterocycles. The molecule has 0 heterocycles. The maximum Gasteiger partial charge on any atom is 0.121 e. The van der Waals surface area contributed by atoms with Gasteiger partial charge in [0.25, 0.3) is 0 Å². The van der Waals surface area contributed by atoms with Crippen molar-refractivity contribution in [3.63, 3.8) is 0 Å². The molecule has 0 fully saturated rings. The SMILES string of the molecule is CCCCCCCCCCCCCOC(C(O)CO)C(O)(CCCCCCCCCCCCC)C(O)CO. The molecular weight excluding hydrogens is 480 g/mol. The number of rotatable bonds is 30. The van der Waals surface area contributed by atoms with E-state index in [4.69, 9.17) is 4.74 Å². The van der Waals surface area contributed by atoms with Crippen molar-refractivity contribution < 1.29 is 30.3 Å². The summed E-state index contributed by atoms with van der Waals surface area (Å²) in [4.78, 5) is 0. The van der Waals surface area contributed by atoms with Crippen LogP contribution in [0.2, 0.25) is 0 Å². The van der Waals surface area contributed by atoms with Crippen LogP contribution < -0.4 is 0 Å². The van der Waals surface area contributed by atoms with Gasteiger partial charge in [-0.3, -0.25) is 0 Å². The van der Waals surface area contributed by atoms with Gasteiger partial charge in [-0.2, -0.15) is 0 Å². The lowest BCUT2D eigenvalue weighted by molar-refractivity contribution is -0.211. The third-order valence-corrected chi connectivity index (χ3v) is 8.01. The van der Waals surface area contributed by atoms with Gasteiger partial charge in [0, 0.05) is 6.61 Å². The Morgan fingerprint density at radius 2 is 0.895 bits per heavy atom. The summed E-state index contributed by atoms with van der Waals surface area (Å²) in [6.07, 6.45) is 22.6. The fourth-order valence-electron chi connectivity index (χ4n) is 5.39. The summed E-state index contributed by atoms with van der Waals surface area (Å²) < 4.78 is 5.88. The molecule has 6 nitrogen and oxygen atoms in total. The second kappa shape index (κ2) is 27.0. The highest BCUT2D eigenvalue weighted by Crippen LogP contribution is 2.29. The minimum atomic E-state index is -1.80. The first-order chi connectivity index (χ1) is 18.5. The van der Waals surface area contributed by atoms with Crippen LogP contribution in [0, 0.1) is 0 Å². The third-order valence-electron chi connectivity index (χ3n) is 8.01. The highest BCUT2D eigenvalue weighted by Gasteiger charge is 2.46. The molecule has 0 amide bonds. The molecule has 0 saturated carbocycles. The van der Waals surface area contributed by atoms with E-state index in [-0.39, 0.29) is 6.42 Å². The van der Waals surface area contributed by atoms with Crippen molar-refractivity contribution in [1.29, 1.82) is 0 Å². The van der Waals surface area contributed by atoms with E-state index in [0.717, 1.165) is 38.5 Å². The van der Waals surface area contributed by atoms with Crippen molar-refractivity contribution in [2.24, 2.45) is 0 Å². The van der Waals surface area contributed by atoms with Crippen LogP contribution in [-0.2, 0) is 4.74 Å². The second-order valence-corrected chi connectivity index (χ2v) is 11.6. The van der Waals surface area contributed by atoms with Crippen molar-refractivity contribution in [3.8, 4) is 0 Å². The van der Waals surface area contributed by atoms with Crippen LogP contribution in [-0.4, -0.2) is 69.3 Å². The van der Waals surface area contributed by atoms with Crippen molar-refractivity contribution >= 4 is 0 Å². The molecule has 6 heteroatoms. The van der Waals surface area contributed by atoms with Crippen LogP contribution in [0.15, 0.2) is 0 Å². The van der Waals surface area contributed by atoms with E-state index in [1.807, 2.05) is 0 Å². The number of unbranched alkanes of at least 4 members (excludes halogenated alkanes) is 20. The van der Waals surface area contributed by atoms with Crippen molar-refractivity contribution in [1.82, 2.24) is 0 Å². The summed E-state index contributed by atoms with van der Waals surface area (Å²) in [7, 11) is 0. The van der Waals surface area contributed by atoms with Gasteiger partial charge in [0.05, 0.1) is 13.2 Å². The van der Waals surface area contributed by atoms with Gasteiger partial charge in [-0.05, 0) is 12.8 Å². The van der Waals surface area contributed by atoms with E-state index in [1.165, 1.54) is 96.3 Å². The first-order valence-electron chi connectivity index (χ1n) is 16.4. The first-order valence-corrected chi connectivity index (χ1v) is 16.4. The Bertz CT molecular complexity index is 477. The molecule has 0 spiro atoms. The topological polar surface area (TPSA) is 110 Å². The molecule has 0 aliphatic heterocycles. The molecule has 4 unspecified atom stereocenters. The van der Waals surface area contributed by atoms with E-state index in [0.29, 0.717) is 13.0 Å². The number of hydrogen-bond donors (Lipinski definition) is 5. The van der Waals surface area contributed by atoms with Crippen molar-refractivity contribution in [3.05, 3.63) is 0 Å². The standard InChI is InChI=1S/C32H66O6/c1-3-5-7-9-11-13-15-17-19-21-23-25-32(37,30(36)28-34)31(29(35)27-33)38-26-24-22-20-18-16-14-12-10-8-6-4-2/h29-31,33-37H,3-28H2,1-2H3. The van der Waals surface area contributed by atoms with Gasteiger partial charge in [0.15, 0.2) is 0 Å². The molecule has 0 aromatic carbocycles. The van der Waals surface area contributed by atoms with Gasteiger partial charge in [-0.15, -0.1) is 0 Å². The molecule has 4 atom stereocenters. The molecule has 230 valence electrons. The molecule has 5 N–H and O–H groups in total. The number of aliphatic hydroxyl groups is 5. The number of ether oxygens (including phenoxy) is 1. The summed E-state index contributed by atoms with van der Waals surface area (Å²) in [6.45, 7) is 3.63. The van der Waals surface area contributed by atoms with Gasteiger partial charge in [0.1, 0.15) is 23.9 Å². The van der Waals surface area contributed by atoms with Gasteiger partial charge < -0.3 is 30.3 Å². The smallest absolute Gasteiger partial charge is 0.121 e. The van der Waals surface area contributed by atoms with Crippen LogP contribution in [0.1, 0.15) is 162 Å². The average Bonchev–Trinajstić information content (AvgIpc) is 2.93. The van der Waals surface area contributed by atoms with Crippen LogP contribution >= 0.6 is 0 Å². The fraction of sp³-hybridized carbons (Fsp3) is 1.00. The van der Waals surface area contributed by atoms with Crippen LogP contribution in [0.5, 0.6) is 0 Å². The van der Waals surface area contributed by atoms with Gasteiger partial charge in [-0.25, -0.2) is 0 Å². The minimum absolute atomic E-state index is 0.214. The van der Waals surface area contributed by atoms with E-state index >= 15 is 0 Å². The number of aliphatic hydroxyl groups excluding tert-OH is 4. The highest BCUT2D eigenvalue weighted by atomic mass is 16.5. The largest absolute Gasteiger partial charge is 0.394 e. The molecule has 0 aliphatic rings. The Balaban J connectivity index is 4.33. The predicted molar refractivity (Wildman–Crippen MR) is 158 cm³/mol. The lowest BCUT2D eigenvalue weighted by Gasteiger charge is -2.41. The molecule has 0 bridgehead atoms. The molecule has 0 aromatic heterocycles. The lowest BCUT2D eigenvalue weighted by atomic mass is 9.82. The van der Waals surface area contributed by atoms with Crippen LogP contribution in [0.4, 0.5) is 0 Å². The molecule has 0 rings (SSSR count). The zero-order valence-corrected chi connectivity index (χ0v) is 25.3. The average molecular weight is 547 g/mol. The normalized spacial score (nSPS) is 15.9. The molecule has 0 aliphatic carbocycles. The first kappa shape index (κ1) is 37.8. The minimum Gasteiger partial charge on any atom is -0.394 e. The monoisotopic (exact) mass is 546 g/mol. The second-order valence-electron chi connectivity index (χ2n) is 11.6. The highest BCUT2D eigenvalue weighted by molar-refractivity contribution is 4.97.